The number of benzene rings is 2. The van der Waals surface area contributed by atoms with Gasteiger partial charge < -0.3 is 5.11 Å². The highest BCUT2D eigenvalue weighted by molar-refractivity contribution is 9.08. The van der Waals surface area contributed by atoms with E-state index >= 15 is 0 Å². The van der Waals surface area contributed by atoms with Crippen LogP contribution in [0.3, 0.4) is 0 Å². The summed E-state index contributed by atoms with van der Waals surface area (Å²) in [5, 5.41) is 10.2. The van der Waals surface area contributed by atoms with Crippen molar-refractivity contribution in [1.29, 1.82) is 0 Å². The van der Waals surface area contributed by atoms with Gasteiger partial charge >= 0.3 is 5.97 Å². The summed E-state index contributed by atoms with van der Waals surface area (Å²) < 4.78 is 14.1. The SMILES string of the molecule is O=C(O)c1c(CBr)c(-c2ccccc2)nc2c(F)cccc12. The first-order chi connectivity index (χ1) is 10.6. The molecule has 3 aromatic rings. The van der Waals surface area contributed by atoms with Crippen molar-refractivity contribution in [3.8, 4) is 11.3 Å². The Morgan fingerprint density at radius 2 is 1.86 bits per heavy atom. The van der Waals surface area contributed by atoms with Gasteiger partial charge in [-0.05, 0) is 6.07 Å². The van der Waals surface area contributed by atoms with Crippen molar-refractivity contribution in [2.75, 3.05) is 0 Å². The topological polar surface area (TPSA) is 50.2 Å². The third-order valence-corrected chi connectivity index (χ3v) is 4.02. The lowest BCUT2D eigenvalue weighted by Crippen LogP contribution is -2.07. The Bertz CT molecular complexity index is 865. The second-order valence-corrected chi connectivity index (χ2v) is 5.32. The van der Waals surface area contributed by atoms with Crippen molar-refractivity contribution < 1.29 is 14.3 Å². The summed E-state index contributed by atoms with van der Waals surface area (Å²) in [6.45, 7) is 0. The molecule has 1 N–H and O–H groups in total. The molecule has 22 heavy (non-hydrogen) atoms. The number of carbonyl (C=O) groups is 1. The number of rotatable bonds is 3. The third kappa shape index (κ3) is 2.37. The van der Waals surface area contributed by atoms with Gasteiger partial charge in [0.1, 0.15) is 11.3 Å². The maximum atomic E-state index is 14.1. The predicted octanol–water partition coefficient (Wildman–Crippen LogP) is 4.63. The first-order valence-corrected chi connectivity index (χ1v) is 7.71. The molecule has 2 aromatic carbocycles. The Kier molecular flexibility index (Phi) is 3.90. The Hall–Kier alpha value is -2.27. The first-order valence-electron chi connectivity index (χ1n) is 6.59. The van der Waals surface area contributed by atoms with Crippen molar-refractivity contribution in [1.82, 2.24) is 4.98 Å². The highest BCUT2D eigenvalue weighted by Crippen LogP contribution is 2.32. The second kappa shape index (κ2) is 5.85. The van der Waals surface area contributed by atoms with Gasteiger partial charge in [-0.15, -0.1) is 0 Å². The van der Waals surface area contributed by atoms with Crippen LogP contribution < -0.4 is 0 Å². The molecule has 5 heteroatoms. The molecule has 0 radical (unpaired) electrons. The zero-order valence-electron chi connectivity index (χ0n) is 11.4. The lowest BCUT2D eigenvalue weighted by atomic mass is 9.97. The van der Waals surface area contributed by atoms with Crippen LogP contribution in [0.1, 0.15) is 15.9 Å². The molecule has 0 aliphatic rings. The molecular formula is C17H11BrFNO2. The van der Waals surface area contributed by atoms with Crippen molar-refractivity contribution in [2.24, 2.45) is 0 Å². The van der Waals surface area contributed by atoms with Crippen LogP contribution in [-0.2, 0) is 5.33 Å². The standard InChI is InChI=1S/C17H11BrFNO2/c18-9-12-14(17(21)22)11-7-4-8-13(19)16(11)20-15(12)10-5-2-1-3-6-10/h1-8H,9H2,(H,21,22). The average Bonchev–Trinajstić information content (AvgIpc) is 2.54. The van der Waals surface area contributed by atoms with Crippen molar-refractivity contribution >= 4 is 32.8 Å². The van der Waals surface area contributed by atoms with E-state index < -0.39 is 11.8 Å². The molecule has 0 atom stereocenters. The molecule has 1 heterocycles. The van der Waals surface area contributed by atoms with E-state index in [2.05, 4.69) is 20.9 Å². The quantitative estimate of drug-likeness (QED) is 0.693. The molecule has 0 aliphatic heterocycles. The Morgan fingerprint density at radius 1 is 1.14 bits per heavy atom. The van der Waals surface area contributed by atoms with Crippen LogP contribution in [0, 0.1) is 5.82 Å². The van der Waals surface area contributed by atoms with E-state index in [0.717, 1.165) is 5.56 Å². The van der Waals surface area contributed by atoms with Crippen LogP contribution in [0.5, 0.6) is 0 Å². The third-order valence-electron chi connectivity index (χ3n) is 3.46. The number of aromatic carboxylic acids is 1. The molecule has 0 aliphatic carbocycles. The van der Waals surface area contributed by atoms with Crippen LogP contribution in [0.2, 0.25) is 0 Å². The molecular weight excluding hydrogens is 349 g/mol. The van der Waals surface area contributed by atoms with Crippen molar-refractivity contribution in [2.45, 2.75) is 5.33 Å². The van der Waals surface area contributed by atoms with Gasteiger partial charge in [-0.25, -0.2) is 14.2 Å². The molecule has 3 nitrogen and oxygen atoms in total. The number of halogens is 2. The largest absolute Gasteiger partial charge is 0.478 e. The lowest BCUT2D eigenvalue weighted by Gasteiger charge is -2.13. The van der Waals surface area contributed by atoms with Crippen LogP contribution >= 0.6 is 15.9 Å². The van der Waals surface area contributed by atoms with Crippen molar-refractivity contribution in [3.63, 3.8) is 0 Å². The zero-order valence-corrected chi connectivity index (χ0v) is 13.0. The number of carboxylic acids is 1. The average molecular weight is 360 g/mol. The van der Waals surface area contributed by atoms with Gasteiger partial charge in [0.25, 0.3) is 0 Å². The van der Waals surface area contributed by atoms with Gasteiger partial charge in [0, 0.05) is 21.8 Å². The lowest BCUT2D eigenvalue weighted by molar-refractivity contribution is 0.0698. The van der Waals surface area contributed by atoms with Gasteiger partial charge in [0.2, 0.25) is 0 Å². The van der Waals surface area contributed by atoms with E-state index in [1.54, 1.807) is 6.07 Å². The summed E-state index contributed by atoms with van der Waals surface area (Å²) in [7, 11) is 0. The minimum absolute atomic E-state index is 0.0726. The summed E-state index contributed by atoms with van der Waals surface area (Å²) >= 11 is 3.33. The number of alkyl halides is 1. The predicted molar refractivity (Wildman–Crippen MR) is 86.7 cm³/mol. The fourth-order valence-corrected chi connectivity index (χ4v) is 3.05. The smallest absolute Gasteiger partial charge is 0.336 e. The fraction of sp³-hybridized carbons (Fsp3) is 0.0588. The maximum absolute atomic E-state index is 14.1. The number of hydrogen-bond acceptors (Lipinski definition) is 2. The normalized spacial score (nSPS) is 10.8. The molecule has 0 saturated heterocycles. The minimum atomic E-state index is -1.09. The molecule has 110 valence electrons. The minimum Gasteiger partial charge on any atom is -0.478 e. The monoisotopic (exact) mass is 359 g/mol. The molecule has 0 saturated carbocycles. The number of hydrogen-bond donors (Lipinski definition) is 1. The molecule has 3 rings (SSSR count). The summed E-state index contributed by atoms with van der Waals surface area (Å²) in [6.07, 6.45) is 0. The number of aromatic nitrogens is 1. The number of pyridine rings is 1. The van der Waals surface area contributed by atoms with Gasteiger partial charge in [-0.1, -0.05) is 58.4 Å². The van der Waals surface area contributed by atoms with Crippen LogP contribution in [0.4, 0.5) is 4.39 Å². The van der Waals surface area contributed by atoms with Crippen LogP contribution in [-0.4, -0.2) is 16.1 Å². The van der Waals surface area contributed by atoms with E-state index in [9.17, 15) is 14.3 Å². The molecule has 0 fully saturated rings. The fourth-order valence-electron chi connectivity index (χ4n) is 2.50. The van der Waals surface area contributed by atoms with E-state index in [1.807, 2.05) is 30.3 Å². The number of nitrogens with zero attached hydrogens (tertiary/aromatic N) is 1. The highest BCUT2D eigenvalue weighted by Gasteiger charge is 2.21. The summed E-state index contributed by atoms with van der Waals surface area (Å²) in [4.78, 5) is 16.1. The van der Waals surface area contributed by atoms with E-state index in [4.69, 9.17) is 0 Å². The summed E-state index contributed by atoms with van der Waals surface area (Å²) in [6, 6.07) is 13.5. The van der Waals surface area contributed by atoms with E-state index in [0.29, 0.717) is 22.0 Å². The summed E-state index contributed by atoms with van der Waals surface area (Å²) in [5.74, 6) is -1.62. The van der Waals surface area contributed by atoms with Gasteiger partial charge in [0.05, 0.1) is 11.3 Å². The molecule has 0 unspecified atom stereocenters. The molecule has 0 bridgehead atoms. The van der Waals surface area contributed by atoms with E-state index in [1.165, 1.54) is 12.1 Å². The van der Waals surface area contributed by atoms with Gasteiger partial charge in [0.15, 0.2) is 0 Å². The number of para-hydroxylation sites is 1. The highest BCUT2D eigenvalue weighted by atomic mass is 79.9. The Balaban J connectivity index is 2.47. The molecule has 1 aromatic heterocycles. The van der Waals surface area contributed by atoms with Gasteiger partial charge in [-0.3, -0.25) is 0 Å². The first kappa shape index (κ1) is 14.7. The molecule has 0 amide bonds. The Morgan fingerprint density at radius 3 is 2.50 bits per heavy atom. The van der Waals surface area contributed by atoms with Crippen LogP contribution in [0.25, 0.3) is 22.2 Å². The summed E-state index contributed by atoms with van der Waals surface area (Å²) in [5.41, 5.74) is 1.93. The van der Waals surface area contributed by atoms with Crippen LogP contribution in [0.15, 0.2) is 48.5 Å². The van der Waals surface area contributed by atoms with Crippen molar-refractivity contribution in [3.05, 3.63) is 65.5 Å². The molecule has 0 spiro atoms. The number of carboxylic acid groups (broad SMARTS) is 1. The zero-order chi connectivity index (χ0) is 15.7. The second-order valence-electron chi connectivity index (χ2n) is 4.75. The van der Waals surface area contributed by atoms with E-state index in [-0.39, 0.29) is 11.1 Å². The number of fused-ring (bicyclic) bond motifs is 1. The maximum Gasteiger partial charge on any atom is 0.336 e. The van der Waals surface area contributed by atoms with Gasteiger partial charge in [-0.2, -0.15) is 0 Å². The Labute approximate surface area is 134 Å².